The molecule has 7 heteroatoms. The lowest BCUT2D eigenvalue weighted by atomic mass is 10.0. The van der Waals surface area contributed by atoms with Crippen LogP contribution in [-0.4, -0.2) is 33.2 Å². The van der Waals surface area contributed by atoms with Crippen LogP contribution in [0.15, 0.2) is 42.5 Å². The van der Waals surface area contributed by atoms with Crippen LogP contribution in [0.1, 0.15) is 44.4 Å². The molecule has 2 rings (SSSR count). The third-order valence-electron chi connectivity index (χ3n) is 5.00. The molecule has 0 saturated heterocycles. The number of aryl methyl sites for hydroxylation is 2. The number of nitrogens with one attached hydrogen (secondary N) is 1. The van der Waals surface area contributed by atoms with Gasteiger partial charge in [-0.05, 0) is 67.6 Å². The number of hydrogen-bond donors (Lipinski definition) is 1. The Morgan fingerprint density at radius 3 is 2.23 bits per heavy atom. The summed E-state index contributed by atoms with van der Waals surface area (Å²) in [6.45, 7) is 8.52. The second-order valence-corrected chi connectivity index (χ2v) is 9.05. The Morgan fingerprint density at radius 2 is 1.70 bits per heavy atom. The van der Waals surface area contributed by atoms with Crippen LogP contribution in [0, 0.1) is 0 Å². The summed E-state index contributed by atoms with van der Waals surface area (Å²) in [5.74, 6) is 0.299. The molecule has 30 heavy (non-hydrogen) atoms. The molecule has 1 unspecified atom stereocenters. The van der Waals surface area contributed by atoms with Crippen molar-refractivity contribution >= 4 is 21.6 Å². The van der Waals surface area contributed by atoms with E-state index in [0.717, 1.165) is 29.0 Å². The third kappa shape index (κ3) is 5.98. The summed E-state index contributed by atoms with van der Waals surface area (Å²) in [5, 5.41) is 2.91. The summed E-state index contributed by atoms with van der Waals surface area (Å²) in [6, 6.07) is 12.1. The van der Waals surface area contributed by atoms with Crippen molar-refractivity contribution in [3.05, 3.63) is 59.2 Å². The number of carbonyl (C=O) groups excluding carboxylic acids is 1. The first kappa shape index (κ1) is 23.7. The third-order valence-corrected chi connectivity index (χ3v) is 6.25. The summed E-state index contributed by atoms with van der Waals surface area (Å²) in [5.41, 5.74) is 3.86. The zero-order valence-electron chi connectivity index (χ0n) is 18.4. The van der Waals surface area contributed by atoms with Crippen LogP contribution in [-0.2, 0) is 34.2 Å². The van der Waals surface area contributed by atoms with Gasteiger partial charge < -0.3 is 10.1 Å². The number of benzene rings is 2. The van der Waals surface area contributed by atoms with Crippen molar-refractivity contribution in [2.24, 2.45) is 0 Å². The Morgan fingerprint density at radius 1 is 1.03 bits per heavy atom. The molecule has 0 radical (unpaired) electrons. The molecule has 0 fully saturated rings. The number of hydrogen-bond acceptors (Lipinski definition) is 4. The van der Waals surface area contributed by atoms with Crippen LogP contribution in [0.3, 0.4) is 0 Å². The van der Waals surface area contributed by atoms with Crippen LogP contribution in [0.2, 0.25) is 0 Å². The molecule has 0 saturated carbocycles. The SMILES string of the molecule is CCOc1ccc(N(C(C)C(=O)NCc2cc(CC)ccc2CC)S(C)(=O)=O)cc1. The van der Waals surface area contributed by atoms with Crippen molar-refractivity contribution in [2.75, 3.05) is 17.2 Å². The molecule has 0 heterocycles. The lowest BCUT2D eigenvalue weighted by Crippen LogP contribution is -2.47. The van der Waals surface area contributed by atoms with Crippen LogP contribution < -0.4 is 14.4 Å². The molecule has 0 aliphatic rings. The zero-order chi connectivity index (χ0) is 22.3. The minimum absolute atomic E-state index is 0.349. The Kier molecular flexibility index (Phi) is 8.29. The Labute approximate surface area is 180 Å². The van der Waals surface area contributed by atoms with Gasteiger partial charge in [-0.3, -0.25) is 9.10 Å². The molecule has 6 nitrogen and oxygen atoms in total. The highest BCUT2D eigenvalue weighted by Crippen LogP contribution is 2.24. The van der Waals surface area contributed by atoms with Crippen molar-refractivity contribution in [3.63, 3.8) is 0 Å². The van der Waals surface area contributed by atoms with Gasteiger partial charge in [0.25, 0.3) is 0 Å². The molecule has 0 aromatic heterocycles. The fourth-order valence-corrected chi connectivity index (χ4v) is 4.58. The Bertz CT molecular complexity index is 956. The topological polar surface area (TPSA) is 75.7 Å². The van der Waals surface area contributed by atoms with E-state index in [1.165, 1.54) is 11.1 Å². The van der Waals surface area contributed by atoms with E-state index in [1.807, 2.05) is 6.92 Å². The van der Waals surface area contributed by atoms with Crippen LogP contribution in [0.4, 0.5) is 5.69 Å². The maximum atomic E-state index is 12.9. The maximum absolute atomic E-state index is 12.9. The normalized spacial score (nSPS) is 12.3. The smallest absolute Gasteiger partial charge is 0.243 e. The molecule has 0 bridgehead atoms. The van der Waals surface area contributed by atoms with E-state index in [2.05, 4.69) is 37.4 Å². The van der Waals surface area contributed by atoms with Crippen molar-refractivity contribution < 1.29 is 17.9 Å². The quantitative estimate of drug-likeness (QED) is 0.621. The monoisotopic (exact) mass is 432 g/mol. The predicted molar refractivity (Wildman–Crippen MR) is 121 cm³/mol. The highest BCUT2D eigenvalue weighted by atomic mass is 32.2. The standard InChI is InChI=1S/C23H32N2O4S/c1-6-18-9-10-19(7-2)20(15-18)16-24-23(26)17(4)25(30(5,27)28)21-11-13-22(14-12-21)29-8-3/h9-15,17H,6-8,16H2,1-5H3,(H,24,26). The molecule has 1 amide bonds. The lowest BCUT2D eigenvalue weighted by molar-refractivity contribution is -0.122. The molecular formula is C23H32N2O4S. The van der Waals surface area contributed by atoms with Gasteiger partial charge in [0.05, 0.1) is 18.6 Å². The van der Waals surface area contributed by atoms with Crippen LogP contribution in [0.5, 0.6) is 5.75 Å². The van der Waals surface area contributed by atoms with E-state index in [1.54, 1.807) is 31.2 Å². The van der Waals surface area contributed by atoms with E-state index in [4.69, 9.17) is 4.74 Å². The predicted octanol–water partition coefficient (Wildman–Crippen LogP) is 3.68. The largest absolute Gasteiger partial charge is 0.494 e. The first-order chi connectivity index (χ1) is 14.2. The highest BCUT2D eigenvalue weighted by Gasteiger charge is 2.29. The van der Waals surface area contributed by atoms with Gasteiger partial charge in [0.15, 0.2) is 0 Å². The summed E-state index contributed by atoms with van der Waals surface area (Å²) in [6.07, 6.45) is 2.89. The Hall–Kier alpha value is -2.54. The summed E-state index contributed by atoms with van der Waals surface area (Å²) in [7, 11) is -3.66. The van der Waals surface area contributed by atoms with E-state index >= 15 is 0 Å². The van der Waals surface area contributed by atoms with E-state index < -0.39 is 16.1 Å². The minimum Gasteiger partial charge on any atom is -0.494 e. The first-order valence-corrected chi connectivity index (χ1v) is 12.2. The van der Waals surface area contributed by atoms with Crippen molar-refractivity contribution in [1.29, 1.82) is 0 Å². The second kappa shape index (κ2) is 10.5. The van der Waals surface area contributed by atoms with E-state index in [0.29, 0.717) is 24.6 Å². The fourth-order valence-electron chi connectivity index (χ4n) is 3.40. The lowest BCUT2D eigenvalue weighted by Gasteiger charge is -2.28. The number of nitrogens with zero attached hydrogens (tertiary/aromatic N) is 1. The van der Waals surface area contributed by atoms with Gasteiger partial charge in [0, 0.05) is 6.54 Å². The Balaban J connectivity index is 2.20. The first-order valence-electron chi connectivity index (χ1n) is 10.3. The molecule has 1 N–H and O–H groups in total. The van der Waals surface area contributed by atoms with E-state index in [9.17, 15) is 13.2 Å². The number of ether oxygens (including phenoxy) is 1. The van der Waals surface area contributed by atoms with Gasteiger partial charge in [-0.15, -0.1) is 0 Å². The molecule has 1 atom stereocenters. The van der Waals surface area contributed by atoms with Crippen LogP contribution in [0.25, 0.3) is 0 Å². The van der Waals surface area contributed by atoms with Crippen molar-refractivity contribution in [3.8, 4) is 5.75 Å². The molecule has 0 spiro atoms. The van der Waals surface area contributed by atoms with Gasteiger partial charge in [0.2, 0.25) is 15.9 Å². The summed E-state index contributed by atoms with van der Waals surface area (Å²) in [4.78, 5) is 12.9. The fraction of sp³-hybridized carbons (Fsp3) is 0.435. The summed E-state index contributed by atoms with van der Waals surface area (Å²) >= 11 is 0. The average molecular weight is 433 g/mol. The molecule has 0 aliphatic heterocycles. The van der Waals surface area contributed by atoms with Gasteiger partial charge in [0.1, 0.15) is 11.8 Å². The summed E-state index contributed by atoms with van der Waals surface area (Å²) < 4.78 is 31.5. The van der Waals surface area contributed by atoms with E-state index in [-0.39, 0.29) is 5.91 Å². The molecule has 164 valence electrons. The highest BCUT2D eigenvalue weighted by molar-refractivity contribution is 7.92. The second-order valence-electron chi connectivity index (χ2n) is 7.19. The van der Waals surface area contributed by atoms with Crippen LogP contribution >= 0.6 is 0 Å². The maximum Gasteiger partial charge on any atom is 0.243 e. The average Bonchev–Trinajstić information content (AvgIpc) is 2.72. The van der Waals surface area contributed by atoms with Crippen molar-refractivity contribution in [2.45, 2.75) is 53.1 Å². The molecule has 2 aromatic rings. The van der Waals surface area contributed by atoms with Crippen molar-refractivity contribution in [1.82, 2.24) is 5.32 Å². The number of anilines is 1. The molecule has 0 aliphatic carbocycles. The number of sulfonamides is 1. The van der Waals surface area contributed by atoms with Gasteiger partial charge in [-0.25, -0.2) is 8.42 Å². The number of rotatable bonds is 10. The number of carbonyl (C=O) groups is 1. The minimum atomic E-state index is -3.66. The molecular weight excluding hydrogens is 400 g/mol. The van der Waals surface area contributed by atoms with Gasteiger partial charge in [-0.2, -0.15) is 0 Å². The number of amides is 1. The van der Waals surface area contributed by atoms with Gasteiger partial charge >= 0.3 is 0 Å². The molecule has 2 aromatic carbocycles. The zero-order valence-corrected chi connectivity index (χ0v) is 19.3. The van der Waals surface area contributed by atoms with Gasteiger partial charge in [-0.1, -0.05) is 32.0 Å².